The first-order valence-corrected chi connectivity index (χ1v) is 26.3. The third-order valence-electron chi connectivity index (χ3n) is 13.8. The monoisotopic (exact) mass is 994 g/mol. The minimum absolute atomic E-state index is 0.0208. The van der Waals surface area contributed by atoms with Crippen LogP contribution >= 0.6 is 0 Å². The van der Waals surface area contributed by atoms with Gasteiger partial charge in [0.1, 0.15) is 6.04 Å². The summed E-state index contributed by atoms with van der Waals surface area (Å²) in [6.45, 7) is 15.4. The number of carboxylic acids is 1. The molecule has 1 saturated heterocycles. The largest absolute Gasteiger partial charge is 0.481 e. The molecule has 4 amide bonds. The van der Waals surface area contributed by atoms with Crippen LogP contribution < -0.4 is 10.0 Å². The Labute approximate surface area is 411 Å². The topological polar surface area (TPSA) is 227 Å². The van der Waals surface area contributed by atoms with E-state index in [0.717, 1.165) is 5.56 Å². The number of hydrogen-bond donors (Lipinski definition) is 3. The summed E-state index contributed by atoms with van der Waals surface area (Å²) in [5.74, 6) is -4.60. The number of likely N-dealkylation sites (tertiary alicyclic amines) is 1. The van der Waals surface area contributed by atoms with Gasteiger partial charge >= 0.3 is 5.97 Å². The van der Waals surface area contributed by atoms with Crippen LogP contribution in [-0.2, 0) is 64.2 Å². The molecule has 1 aliphatic carbocycles. The van der Waals surface area contributed by atoms with Gasteiger partial charge in [0.2, 0.25) is 27.7 Å². The molecule has 0 unspecified atom stereocenters. The molecule has 1 aliphatic heterocycles. The number of carboxylic acid groups (broad SMARTS) is 1. The van der Waals surface area contributed by atoms with Crippen LogP contribution in [0, 0.1) is 29.6 Å². The molecular formula is C50H83N5O13S. The number of hydrogen-bond acceptors (Lipinski definition) is 13. The first kappa shape index (κ1) is 59.3. The van der Waals surface area contributed by atoms with Gasteiger partial charge in [-0.2, -0.15) is 0 Å². The van der Waals surface area contributed by atoms with Crippen molar-refractivity contribution in [2.45, 2.75) is 148 Å². The molecule has 2 aliphatic rings. The summed E-state index contributed by atoms with van der Waals surface area (Å²) in [7, 11) is 2.70. The Morgan fingerprint density at radius 1 is 0.841 bits per heavy atom. The molecule has 3 rings (SSSR count). The molecular weight excluding hydrogens is 911 g/mol. The fourth-order valence-electron chi connectivity index (χ4n) is 9.50. The lowest BCUT2D eigenvalue weighted by molar-refractivity contribution is -0.149. The summed E-state index contributed by atoms with van der Waals surface area (Å²) < 4.78 is 50.7. The summed E-state index contributed by atoms with van der Waals surface area (Å²) in [5.41, 5.74) is 0.729. The van der Waals surface area contributed by atoms with Crippen LogP contribution in [0.3, 0.4) is 0 Å². The average Bonchev–Trinajstić information content (AvgIpc) is 4.06. The van der Waals surface area contributed by atoms with Gasteiger partial charge in [0.05, 0.1) is 80.8 Å². The second-order valence-electron chi connectivity index (χ2n) is 19.6. The van der Waals surface area contributed by atoms with Crippen LogP contribution in [0.5, 0.6) is 0 Å². The Hall–Kier alpha value is -4.01. The normalized spacial score (nSPS) is 18.8. The van der Waals surface area contributed by atoms with Gasteiger partial charge in [-0.15, -0.1) is 0 Å². The van der Waals surface area contributed by atoms with E-state index in [1.54, 1.807) is 48.0 Å². The van der Waals surface area contributed by atoms with E-state index >= 15 is 0 Å². The molecule has 1 saturated carbocycles. The van der Waals surface area contributed by atoms with Crippen molar-refractivity contribution in [3.05, 3.63) is 35.9 Å². The number of amides is 4. The number of nitrogens with one attached hydrogen (secondary N) is 2. The predicted octanol–water partition coefficient (Wildman–Crippen LogP) is 3.94. The number of ether oxygens (including phenoxy) is 4. The molecule has 9 atom stereocenters. The van der Waals surface area contributed by atoms with Gasteiger partial charge in [-0.05, 0) is 56.0 Å². The number of benzene rings is 1. The number of nitrogens with zero attached hydrogens (tertiary/aromatic N) is 3. The van der Waals surface area contributed by atoms with Crippen LogP contribution in [-0.4, -0.2) is 173 Å². The van der Waals surface area contributed by atoms with Gasteiger partial charge in [0, 0.05) is 53.1 Å². The maximum Gasteiger partial charge on any atom is 0.305 e. The van der Waals surface area contributed by atoms with Crippen LogP contribution in [0.25, 0.3) is 0 Å². The van der Waals surface area contributed by atoms with Gasteiger partial charge in [0.15, 0.2) is 5.78 Å². The predicted molar refractivity (Wildman–Crippen MR) is 261 cm³/mol. The molecule has 0 bridgehead atoms. The molecule has 3 N–H and O–H groups in total. The zero-order valence-electron chi connectivity index (χ0n) is 43.0. The number of carbonyl (C=O) groups excluding carboxylic acids is 5. The second-order valence-corrected chi connectivity index (χ2v) is 21.6. The quantitative estimate of drug-likeness (QED) is 0.0849. The summed E-state index contributed by atoms with van der Waals surface area (Å²) >= 11 is 0. The second kappa shape index (κ2) is 28.7. The van der Waals surface area contributed by atoms with E-state index < -0.39 is 81.3 Å². The van der Waals surface area contributed by atoms with Gasteiger partial charge < -0.3 is 39.2 Å². The van der Waals surface area contributed by atoms with E-state index in [-0.39, 0.29) is 80.9 Å². The van der Waals surface area contributed by atoms with Crippen molar-refractivity contribution >= 4 is 45.4 Å². The van der Waals surface area contributed by atoms with Crippen LogP contribution in [0.4, 0.5) is 0 Å². The molecule has 2 fully saturated rings. The molecule has 1 aromatic carbocycles. The highest BCUT2D eigenvalue weighted by atomic mass is 32.2. The first-order chi connectivity index (χ1) is 32.6. The van der Waals surface area contributed by atoms with E-state index in [2.05, 4.69) is 10.0 Å². The Kier molecular flexibility index (Phi) is 24.7. The Morgan fingerprint density at radius 3 is 2.03 bits per heavy atom. The van der Waals surface area contributed by atoms with Crippen molar-refractivity contribution in [3.8, 4) is 0 Å². The van der Waals surface area contributed by atoms with Gasteiger partial charge in [-0.1, -0.05) is 85.2 Å². The molecule has 0 aromatic heterocycles. The van der Waals surface area contributed by atoms with Crippen molar-refractivity contribution in [2.24, 2.45) is 29.6 Å². The third kappa shape index (κ3) is 18.0. The van der Waals surface area contributed by atoms with E-state index in [1.165, 1.54) is 14.2 Å². The lowest BCUT2D eigenvalue weighted by atomic mass is 9.83. The third-order valence-corrected chi connectivity index (χ3v) is 15.6. The molecule has 18 nitrogen and oxygen atoms in total. The number of likely N-dealkylation sites (N-methyl/N-ethyl adjacent to an activating group) is 2. The zero-order chi connectivity index (χ0) is 51.6. The summed E-state index contributed by atoms with van der Waals surface area (Å²) in [5, 5.41) is 10.9. The zero-order valence-corrected chi connectivity index (χ0v) is 43.8. The standard InChI is InChI=1S/C50H83N5O13S/c1-12-34(6)46(54(9)50(62)38(32(2)3)30-41(56)45(33(4)5)53(8)24-26-68-28-27-67-25-22-44(58)59)42(65-10)31-43(57)55-23-16-19-40(55)47(66-11)35(7)48(60)51-39(29-36-17-14-13-15-18-36)49(61)52-69(63,64)37-20-21-37/h13-15,17-18,32-35,37-40,42,45-47H,12,16,19-31H2,1-11H3,(H,51,60)(H,52,61)(H,58,59)/t34-,35+,38-,39-,40-,42+,45-,46-,47+/m0/s1. The minimum atomic E-state index is -3.88. The highest BCUT2D eigenvalue weighted by Gasteiger charge is 2.44. The van der Waals surface area contributed by atoms with E-state index in [4.69, 9.17) is 24.1 Å². The minimum Gasteiger partial charge on any atom is -0.481 e. The number of aliphatic carboxylic acids is 1. The fourth-order valence-corrected chi connectivity index (χ4v) is 10.9. The smallest absolute Gasteiger partial charge is 0.305 e. The lowest BCUT2D eigenvalue weighted by Crippen LogP contribution is -2.55. The van der Waals surface area contributed by atoms with E-state index in [1.807, 2.05) is 59.6 Å². The maximum absolute atomic E-state index is 14.6. The number of methoxy groups -OCH3 is 2. The first-order valence-electron chi connectivity index (χ1n) is 24.7. The Balaban J connectivity index is 1.74. The molecule has 0 spiro atoms. The maximum atomic E-state index is 14.6. The average molecular weight is 994 g/mol. The number of Topliss-reactive ketones (excluding diaryl/α,β-unsaturated/α-hetero) is 1. The van der Waals surface area contributed by atoms with Gasteiger partial charge in [-0.25, -0.2) is 8.42 Å². The molecule has 19 heteroatoms. The fraction of sp³-hybridized carbons (Fsp3) is 0.760. The van der Waals surface area contributed by atoms with Gasteiger partial charge in [0.25, 0.3) is 5.91 Å². The summed E-state index contributed by atoms with van der Waals surface area (Å²) in [4.78, 5) is 86.7. The van der Waals surface area contributed by atoms with Crippen LogP contribution in [0.2, 0.25) is 0 Å². The number of ketones is 1. The molecule has 392 valence electrons. The summed E-state index contributed by atoms with van der Waals surface area (Å²) in [6.07, 6.45) is 1.27. The van der Waals surface area contributed by atoms with Crippen LogP contribution in [0.15, 0.2) is 30.3 Å². The molecule has 1 aromatic rings. The van der Waals surface area contributed by atoms with Crippen molar-refractivity contribution < 1.29 is 61.2 Å². The lowest BCUT2D eigenvalue weighted by Gasteiger charge is -2.41. The van der Waals surface area contributed by atoms with Crippen molar-refractivity contribution in [3.63, 3.8) is 0 Å². The summed E-state index contributed by atoms with van der Waals surface area (Å²) in [6, 6.07) is 6.30. The Morgan fingerprint density at radius 2 is 1.48 bits per heavy atom. The highest BCUT2D eigenvalue weighted by molar-refractivity contribution is 7.90. The van der Waals surface area contributed by atoms with E-state index in [0.29, 0.717) is 51.8 Å². The van der Waals surface area contributed by atoms with E-state index in [9.17, 15) is 37.2 Å². The van der Waals surface area contributed by atoms with Crippen molar-refractivity contribution in [1.29, 1.82) is 0 Å². The number of rotatable bonds is 33. The van der Waals surface area contributed by atoms with Crippen molar-refractivity contribution in [2.75, 3.05) is 67.8 Å². The molecule has 0 radical (unpaired) electrons. The molecule has 1 heterocycles. The SMILES string of the molecule is CC[C@H](C)[C@@H]([C@@H](CC(=O)N1CCC[C@H]1[C@H](OC)[C@@H](C)C(=O)N[C@@H](Cc1ccccc1)C(=O)NS(=O)(=O)C1CC1)OC)N(C)C(=O)[C@@H](CC(=O)[C@H](C(C)C)N(C)CCOCCOCCC(=O)O)C(C)C. The highest BCUT2D eigenvalue weighted by Crippen LogP contribution is 2.32. The number of sulfonamides is 1. The van der Waals surface area contributed by atoms with Crippen LogP contribution in [0.1, 0.15) is 105 Å². The van der Waals surface area contributed by atoms with Gasteiger partial charge in [-0.3, -0.25) is 38.4 Å². The number of carbonyl (C=O) groups is 6. The molecule has 69 heavy (non-hydrogen) atoms. The van der Waals surface area contributed by atoms with Crippen molar-refractivity contribution in [1.82, 2.24) is 24.7 Å². The Bertz CT molecular complexity index is 1920.